The van der Waals surface area contributed by atoms with E-state index in [1.807, 2.05) is 18.2 Å². The van der Waals surface area contributed by atoms with E-state index in [2.05, 4.69) is 4.98 Å². The average molecular weight is 313 g/mol. The zero-order valence-electron chi connectivity index (χ0n) is 13.7. The Kier molecular flexibility index (Phi) is 3.59. The lowest BCUT2D eigenvalue weighted by molar-refractivity contribution is -0.149. The molecule has 120 valence electrons. The molecule has 0 amide bonds. The molecule has 0 radical (unpaired) electrons. The summed E-state index contributed by atoms with van der Waals surface area (Å²) in [6.45, 7) is 3.46. The number of ether oxygens (including phenoxy) is 2. The van der Waals surface area contributed by atoms with Gasteiger partial charge in [0.25, 0.3) is 0 Å². The Labute approximate surface area is 134 Å². The van der Waals surface area contributed by atoms with Crippen molar-refractivity contribution in [2.24, 2.45) is 5.41 Å². The van der Waals surface area contributed by atoms with Crippen molar-refractivity contribution in [3.8, 4) is 5.75 Å². The molecule has 1 aromatic heterocycles. The van der Waals surface area contributed by atoms with Crippen molar-refractivity contribution in [3.63, 3.8) is 0 Å². The second-order valence-electron chi connectivity index (χ2n) is 6.09. The zero-order chi connectivity index (χ0) is 16.8. The van der Waals surface area contributed by atoms with E-state index >= 15 is 0 Å². The molecule has 5 nitrogen and oxygen atoms in total. The van der Waals surface area contributed by atoms with E-state index in [9.17, 15) is 9.59 Å². The number of fused-ring (bicyclic) bond motifs is 3. The van der Waals surface area contributed by atoms with Gasteiger partial charge in [-0.2, -0.15) is 0 Å². The highest BCUT2D eigenvalue weighted by Crippen LogP contribution is 2.40. The summed E-state index contributed by atoms with van der Waals surface area (Å²) in [4.78, 5) is 29.6. The maximum atomic E-state index is 13.0. The van der Waals surface area contributed by atoms with Crippen LogP contribution in [-0.2, 0) is 16.0 Å². The number of aryl methyl sites for hydroxylation is 2. The first-order valence-corrected chi connectivity index (χ1v) is 7.53. The Morgan fingerprint density at radius 1 is 1.30 bits per heavy atom. The van der Waals surface area contributed by atoms with Gasteiger partial charge < -0.3 is 9.47 Å². The van der Waals surface area contributed by atoms with Crippen LogP contribution in [0.15, 0.2) is 18.2 Å². The van der Waals surface area contributed by atoms with Gasteiger partial charge in [-0.15, -0.1) is 0 Å². The number of carbonyl (C=O) groups is 2. The van der Waals surface area contributed by atoms with Crippen molar-refractivity contribution in [1.29, 1.82) is 0 Å². The summed E-state index contributed by atoms with van der Waals surface area (Å²) in [5.41, 5.74) is 1.83. The molecule has 1 heterocycles. The minimum absolute atomic E-state index is 0.201. The van der Waals surface area contributed by atoms with Crippen LogP contribution >= 0.6 is 0 Å². The van der Waals surface area contributed by atoms with Crippen LogP contribution in [0.4, 0.5) is 0 Å². The smallest absolute Gasteiger partial charge is 0.319 e. The number of carbonyl (C=O) groups excluding carboxylic acids is 2. The fourth-order valence-corrected chi connectivity index (χ4v) is 3.32. The molecule has 1 aromatic carbocycles. The summed E-state index contributed by atoms with van der Waals surface area (Å²) in [6, 6.07) is 5.65. The van der Waals surface area contributed by atoms with E-state index in [1.54, 1.807) is 21.0 Å². The standard InChI is InChI=1S/C18H19NO4/c1-10-15-13(7-8-18(2,16(15)20)17(21)23-4)12-6-5-11(22-3)9-14(12)19-10/h5-6,9H,7-8H2,1-4H3. The molecule has 1 aliphatic carbocycles. The molecule has 0 saturated heterocycles. The lowest BCUT2D eigenvalue weighted by atomic mass is 9.70. The molecular formula is C18H19NO4. The van der Waals surface area contributed by atoms with Gasteiger partial charge in [0.2, 0.25) is 0 Å². The Balaban J connectivity index is 2.23. The Bertz CT molecular complexity index is 827. The number of aromatic nitrogens is 1. The lowest BCUT2D eigenvalue weighted by Crippen LogP contribution is -2.41. The van der Waals surface area contributed by atoms with Crippen molar-refractivity contribution in [2.45, 2.75) is 26.7 Å². The minimum atomic E-state index is -1.13. The minimum Gasteiger partial charge on any atom is -0.497 e. The maximum absolute atomic E-state index is 13.0. The third kappa shape index (κ3) is 2.19. The number of hydrogen-bond donors (Lipinski definition) is 0. The van der Waals surface area contributed by atoms with Crippen molar-refractivity contribution < 1.29 is 19.1 Å². The Morgan fingerprint density at radius 2 is 2.04 bits per heavy atom. The van der Waals surface area contributed by atoms with E-state index < -0.39 is 11.4 Å². The first-order valence-electron chi connectivity index (χ1n) is 7.53. The highest BCUT2D eigenvalue weighted by molar-refractivity contribution is 6.15. The summed E-state index contributed by atoms with van der Waals surface area (Å²) in [7, 11) is 2.92. The third-order valence-corrected chi connectivity index (χ3v) is 4.72. The fraction of sp³-hybridized carbons (Fsp3) is 0.389. The molecule has 2 aromatic rings. The van der Waals surface area contributed by atoms with Gasteiger partial charge in [0.05, 0.1) is 19.7 Å². The molecule has 1 unspecified atom stereocenters. The molecule has 3 rings (SSSR count). The maximum Gasteiger partial charge on any atom is 0.319 e. The van der Waals surface area contributed by atoms with Crippen LogP contribution in [0.1, 0.15) is 35.0 Å². The SMILES string of the molecule is COC(=O)C1(C)CCc2c(c(C)nc3cc(OC)ccc23)C1=O. The van der Waals surface area contributed by atoms with Crippen LogP contribution in [0.3, 0.4) is 0 Å². The highest BCUT2D eigenvalue weighted by Gasteiger charge is 2.47. The first-order chi connectivity index (χ1) is 10.9. The predicted octanol–water partition coefficient (Wildman–Crippen LogP) is 2.86. The zero-order valence-corrected chi connectivity index (χ0v) is 13.7. The molecule has 5 heteroatoms. The first kappa shape index (κ1) is 15.5. The molecular weight excluding hydrogens is 294 g/mol. The number of rotatable bonds is 2. The third-order valence-electron chi connectivity index (χ3n) is 4.72. The van der Waals surface area contributed by atoms with Gasteiger partial charge in [-0.25, -0.2) is 0 Å². The van der Waals surface area contributed by atoms with Gasteiger partial charge in [0.1, 0.15) is 11.2 Å². The van der Waals surface area contributed by atoms with Crippen LogP contribution in [-0.4, -0.2) is 31.0 Å². The molecule has 0 bridgehead atoms. The number of ketones is 1. The topological polar surface area (TPSA) is 65.5 Å². The average Bonchev–Trinajstić information content (AvgIpc) is 2.56. The number of pyridine rings is 1. The van der Waals surface area contributed by atoms with Gasteiger partial charge in [-0.1, -0.05) is 0 Å². The van der Waals surface area contributed by atoms with E-state index in [0.29, 0.717) is 24.1 Å². The van der Waals surface area contributed by atoms with Crippen LogP contribution in [0.2, 0.25) is 0 Å². The summed E-state index contributed by atoms with van der Waals surface area (Å²) >= 11 is 0. The number of hydrogen-bond acceptors (Lipinski definition) is 5. The summed E-state index contributed by atoms with van der Waals surface area (Å²) in [6.07, 6.45) is 1.08. The van der Waals surface area contributed by atoms with Crippen LogP contribution in [0.25, 0.3) is 10.9 Å². The normalized spacial score (nSPS) is 20.3. The predicted molar refractivity (Wildman–Crippen MR) is 85.8 cm³/mol. The highest BCUT2D eigenvalue weighted by atomic mass is 16.5. The number of esters is 1. The molecule has 0 fully saturated rings. The number of methoxy groups -OCH3 is 2. The summed E-state index contributed by atoms with van der Waals surface area (Å²) in [5.74, 6) is 0.0431. The van der Waals surface area contributed by atoms with Crippen LogP contribution in [0, 0.1) is 12.3 Å². The molecule has 1 aliphatic rings. The number of Topliss-reactive ketones (excluding diaryl/α,β-unsaturated/α-hetero) is 1. The number of benzene rings is 1. The van der Waals surface area contributed by atoms with Crippen molar-refractivity contribution >= 4 is 22.7 Å². The van der Waals surface area contributed by atoms with Gasteiger partial charge in [-0.05, 0) is 44.4 Å². The van der Waals surface area contributed by atoms with E-state index in [4.69, 9.17) is 9.47 Å². The van der Waals surface area contributed by atoms with Gasteiger partial charge in [-0.3, -0.25) is 14.6 Å². The van der Waals surface area contributed by atoms with Crippen molar-refractivity contribution in [1.82, 2.24) is 4.98 Å². The second-order valence-corrected chi connectivity index (χ2v) is 6.09. The van der Waals surface area contributed by atoms with E-state index in [1.165, 1.54) is 7.11 Å². The van der Waals surface area contributed by atoms with E-state index in [0.717, 1.165) is 22.2 Å². The van der Waals surface area contributed by atoms with Crippen LogP contribution < -0.4 is 4.74 Å². The summed E-state index contributed by atoms with van der Waals surface area (Å²) in [5, 5.41) is 0.937. The quantitative estimate of drug-likeness (QED) is 0.630. The van der Waals surface area contributed by atoms with Gasteiger partial charge >= 0.3 is 5.97 Å². The molecule has 23 heavy (non-hydrogen) atoms. The Morgan fingerprint density at radius 3 is 2.70 bits per heavy atom. The van der Waals surface area contributed by atoms with E-state index in [-0.39, 0.29) is 5.78 Å². The van der Waals surface area contributed by atoms with Crippen molar-refractivity contribution in [3.05, 3.63) is 35.0 Å². The lowest BCUT2D eigenvalue weighted by Gasteiger charge is -2.32. The largest absolute Gasteiger partial charge is 0.497 e. The second kappa shape index (κ2) is 5.33. The Hall–Kier alpha value is -2.43. The van der Waals surface area contributed by atoms with Gasteiger partial charge in [0, 0.05) is 22.7 Å². The molecule has 0 spiro atoms. The number of nitrogens with zero attached hydrogens (tertiary/aromatic N) is 1. The fourth-order valence-electron chi connectivity index (χ4n) is 3.32. The molecule has 0 aliphatic heterocycles. The molecule has 1 atom stereocenters. The monoisotopic (exact) mass is 313 g/mol. The molecule has 0 saturated carbocycles. The van der Waals surface area contributed by atoms with Gasteiger partial charge in [0.15, 0.2) is 5.78 Å². The summed E-state index contributed by atoms with van der Waals surface area (Å²) < 4.78 is 10.1. The van der Waals surface area contributed by atoms with Crippen LogP contribution in [0.5, 0.6) is 5.75 Å². The molecule has 0 N–H and O–H groups in total. The van der Waals surface area contributed by atoms with Crippen molar-refractivity contribution in [2.75, 3.05) is 14.2 Å².